The zero-order chi connectivity index (χ0) is 13.6. The number of rotatable bonds is 6. The first kappa shape index (κ1) is 14.7. The summed E-state index contributed by atoms with van der Waals surface area (Å²) in [6.45, 7) is 1.47. The molecule has 0 saturated carbocycles. The largest absolute Gasteiger partial charge is 0.512 e. The van der Waals surface area contributed by atoms with Crippen LogP contribution in [-0.2, 0) is 18.7 Å². The fourth-order valence-electron chi connectivity index (χ4n) is 1.08. The zero-order valence-electron chi connectivity index (χ0n) is 10.0. The van der Waals surface area contributed by atoms with E-state index in [-0.39, 0.29) is 5.75 Å². The first-order valence-corrected chi connectivity index (χ1v) is 6.71. The van der Waals surface area contributed by atoms with Crippen LogP contribution >= 0.6 is 7.75 Å². The van der Waals surface area contributed by atoms with Gasteiger partial charge in [-0.2, -0.15) is 5.48 Å². The molecule has 1 rings (SSSR count). The highest BCUT2D eigenvalue weighted by molar-refractivity contribution is 7.52. The minimum absolute atomic E-state index is 0.253. The lowest BCUT2D eigenvalue weighted by molar-refractivity contribution is -0.140. The summed E-state index contributed by atoms with van der Waals surface area (Å²) in [6, 6.07) is 7.38. The standard InChI is InChI=1S/C10H15N2O5P/c1-8(12-15-2)10(13)17-18(11,14)16-9-6-4-3-5-7-9/h3-8,12H,1-2H3,(H2,11,14)/t8-,18?/m0/s1. The van der Waals surface area contributed by atoms with Crippen LogP contribution in [0.5, 0.6) is 5.75 Å². The van der Waals surface area contributed by atoms with Crippen LogP contribution in [0.4, 0.5) is 0 Å². The number of carbonyl (C=O) groups excluding carboxylic acids is 1. The second-order valence-electron chi connectivity index (χ2n) is 3.40. The Hall–Kier alpha value is -1.40. The van der Waals surface area contributed by atoms with Crippen LogP contribution in [-0.4, -0.2) is 19.1 Å². The number of hydrogen-bond donors (Lipinski definition) is 2. The van der Waals surface area contributed by atoms with Gasteiger partial charge < -0.3 is 13.9 Å². The maximum absolute atomic E-state index is 11.7. The van der Waals surface area contributed by atoms with Crippen LogP contribution in [0, 0.1) is 0 Å². The summed E-state index contributed by atoms with van der Waals surface area (Å²) in [4.78, 5) is 16.0. The van der Waals surface area contributed by atoms with Gasteiger partial charge in [-0.05, 0) is 19.1 Å². The predicted octanol–water partition coefficient (Wildman–Crippen LogP) is 1.21. The molecule has 0 aliphatic carbocycles. The van der Waals surface area contributed by atoms with Gasteiger partial charge in [-0.3, -0.25) is 0 Å². The summed E-state index contributed by atoms with van der Waals surface area (Å²) >= 11 is 0. The Balaban J connectivity index is 2.60. The molecule has 18 heavy (non-hydrogen) atoms. The van der Waals surface area contributed by atoms with Crippen LogP contribution in [0.25, 0.3) is 0 Å². The summed E-state index contributed by atoms with van der Waals surface area (Å²) in [5.41, 5.74) is 7.63. The van der Waals surface area contributed by atoms with Gasteiger partial charge in [-0.15, -0.1) is 0 Å². The van der Waals surface area contributed by atoms with E-state index in [0.29, 0.717) is 0 Å². The average Bonchev–Trinajstić information content (AvgIpc) is 2.29. The molecule has 0 aromatic heterocycles. The van der Waals surface area contributed by atoms with Crippen molar-refractivity contribution < 1.29 is 23.2 Å². The Morgan fingerprint density at radius 2 is 2.00 bits per heavy atom. The van der Waals surface area contributed by atoms with E-state index in [1.165, 1.54) is 14.0 Å². The topological polar surface area (TPSA) is 99.9 Å². The molecule has 1 aromatic carbocycles. The second kappa shape index (κ2) is 6.51. The number of carbonyl (C=O) groups is 1. The van der Waals surface area contributed by atoms with Crippen molar-refractivity contribution in [1.29, 1.82) is 0 Å². The van der Waals surface area contributed by atoms with E-state index in [2.05, 4.69) is 14.8 Å². The number of hydrogen-bond acceptors (Lipinski definition) is 6. The summed E-state index contributed by atoms with van der Waals surface area (Å²) in [5.74, 6) is -0.581. The second-order valence-corrected chi connectivity index (χ2v) is 4.84. The number of nitrogens with two attached hydrogens (primary N) is 1. The molecule has 0 aliphatic rings. The van der Waals surface area contributed by atoms with Gasteiger partial charge in [0.2, 0.25) is 0 Å². The van der Waals surface area contributed by atoms with Crippen LogP contribution in [0.2, 0.25) is 0 Å². The molecule has 0 heterocycles. The number of para-hydroxylation sites is 1. The van der Waals surface area contributed by atoms with Gasteiger partial charge in [-0.1, -0.05) is 18.2 Å². The Bertz CT molecular complexity index is 439. The lowest BCUT2D eigenvalue weighted by atomic mass is 10.3. The minimum atomic E-state index is -3.99. The van der Waals surface area contributed by atoms with E-state index in [9.17, 15) is 9.36 Å². The van der Waals surface area contributed by atoms with E-state index < -0.39 is 19.8 Å². The molecule has 100 valence electrons. The van der Waals surface area contributed by atoms with Crippen LogP contribution in [0.3, 0.4) is 0 Å². The summed E-state index contributed by atoms with van der Waals surface area (Å²) in [5, 5.41) is 0. The molecule has 0 bridgehead atoms. The Kier molecular flexibility index (Phi) is 5.30. The van der Waals surface area contributed by atoms with Crippen molar-refractivity contribution in [2.75, 3.05) is 7.11 Å². The van der Waals surface area contributed by atoms with Gasteiger partial charge in [0.05, 0.1) is 7.11 Å². The lowest BCUT2D eigenvalue weighted by Gasteiger charge is -2.16. The van der Waals surface area contributed by atoms with Gasteiger partial charge >= 0.3 is 13.7 Å². The molecule has 1 aromatic rings. The van der Waals surface area contributed by atoms with Crippen molar-refractivity contribution in [3.05, 3.63) is 30.3 Å². The highest BCUT2D eigenvalue weighted by Gasteiger charge is 2.28. The first-order valence-electron chi connectivity index (χ1n) is 5.10. The molecule has 7 nitrogen and oxygen atoms in total. The fourth-order valence-corrected chi connectivity index (χ4v) is 1.94. The van der Waals surface area contributed by atoms with Crippen LogP contribution in [0.15, 0.2) is 30.3 Å². The van der Waals surface area contributed by atoms with Crippen LogP contribution < -0.4 is 15.5 Å². The minimum Gasteiger partial charge on any atom is -0.405 e. The molecule has 2 atom stereocenters. The van der Waals surface area contributed by atoms with E-state index in [0.717, 1.165) is 0 Å². The summed E-state index contributed by atoms with van der Waals surface area (Å²) in [7, 11) is -2.65. The normalized spacial score (nSPS) is 15.5. The molecule has 0 aliphatic heterocycles. The molecule has 1 unspecified atom stereocenters. The third-order valence-corrected chi connectivity index (χ3v) is 2.74. The van der Waals surface area contributed by atoms with Gasteiger partial charge in [-0.25, -0.2) is 14.9 Å². The SMILES string of the molecule is CON[C@@H](C)C(=O)OP(N)(=O)Oc1ccccc1. The molecule has 0 saturated heterocycles. The third-order valence-electron chi connectivity index (χ3n) is 1.84. The first-order chi connectivity index (χ1) is 8.44. The maximum atomic E-state index is 11.7. The van der Waals surface area contributed by atoms with Crippen molar-refractivity contribution in [3.63, 3.8) is 0 Å². The molecular weight excluding hydrogens is 259 g/mol. The molecule has 0 spiro atoms. The highest BCUT2D eigenvalue weighted by Crippen LogP contribution is 2.40. The molecule has 0 fully saturated rings. The highest BCUT2D eigenvalue weighted by atomic mass is 31.2. The number of nitrogens with one attached hydrogen (secondary N) is 1. The molecule has 0 radical (unpaired) electrons. The maximum Gasteiger partial charge on any atom is 0.512 e. The van der Waals surface area contributed by atoms with Crippen molar-refractivity contribution in [1.82, 2.24) is 5.48 Å². The summed E-state index contributed by atoms with van der Waals surface area (Å²) in [6.07, 6.45) is 0. The molecule has 0 amide bonds. The molecular formula is C10H15N2O5P. The van der Waals surface area contributed by atoms with Crippen molar-refractivity contribution in [2.45, 2.75) is 13.0 Å². The van der Waals surface area contributed by atoms with E-state index >= 15 is 0 Å². The van der Waals surface area contributed by atoms with Crippen molar-refractivity contribution in [2.24, 2.45) is 5.50 Å². The van der Waals surface area contributed by atoms with Gasteiger partial charge in [0, 0.05) is 0 Å². The lowest BCUT2D eigenvalue weighted by Crippen LogP contribution is -2.34. The van der Waals surface area contributed by atoms with Crippen molar-refractivity contribution in [3.8, 4) is 5.75 Å². The summed E-state index contributed by atoms with van der Waals surface area (Å²) < 4.78 is 21.3. The van der Waals surface area contributed by atoms with Gasteiger partial charge in [0.25, 0.3) is 0 Å². The Labute approximate surface area is 105 Å². The smallest absolute Gasteiger partial charge is 0.405 e. The van der Waals surface area contributed by atoms with Crippen LogP contribution in [0.1, 0.15) is 6.92 Å². The van der Waals surface area contributed by atoms with Gasteiger partial charge in [0.15, 0.2) is 0 Å². The predicted molar refractivity (Wildman–Crippen MR) is 64.6 cm³/mol. The quantitative estimate of drug-likeness (QED) is 0.594. The number of benzene rings is 1. The van der Waals surface area contributed by atoms with E-state index in [1.54, 1.807) is 30.3 Å². The molecule has 8 heteroatoms. The van der Waals surface area contributed by atoms with E-state index in [1.807, 2.05) is 0 Å². The number of hydroxylamine groups is 1. The van der Waals surface area contributed by atoms with E-state index in [4.69, 9.17) is 10.0 Å². The van der Waals surface area contributed by atoms with Crippen molar-refractivity contribution >= 4 is 13.7 Å². The fraction of sp³-hybridized carbons (Fsp3) is 0.300. The Morgan fingerprint density at radius 3 is 2.56 bits per heavy atom. The average molecular weight is 274 g/mol. The monoisotopic (exact) mass is 274 g/mol. The van der Waals surface area contributed by atoms with Gasteiger partial charge in [0.1, 0.15) is 11.8 Å². The Morgan fingerprint density at radius 1 is 1.39 bits per heavy atom. The third kappa shape index (κ3) is 4.85. The zero-order valence-corrected chi connectivity index (χ0v) is 10.9. The molecule has 3 N–H and O–H groups in total.